The zero-order valence-corrected chi connectivity index (χ0v) is 11.6. The van der Waals surface area contributed by atoms with Crippen LogP contribution in [0.1, 0.15) is 15.9 Å². The lowest BCUT2D eigenvalue weighted by atomic mass is 10.2. The molecule has 0 unspecified atom stereocenters. The van der Waals surface area contributed by atoms with Crippen molar-refractivity contribution < 1.29 is 10.0 Å². The maximum atomic E-state index is 11.4. The first-order valence-electron chi connectivity index (χ1n) is 6.62. The predicted octanol–water partition coefficient (Wildman–Crippen LogP) is 1.22. The fraction of sp³-hybridized carbons (Fsp3) is 0. The Morgan fingerprint density at radius 3 is 2.41 bits per heavy atom. The molecule has 112 valence electrons. The Bertz CT molecular complexity index is 700. The number of carbonyl (C=O) groups excluding carboxylic acids is 1. The van der Waals surface area contributed by atoms with Crippen molar-refractivity contribution in [1.29, 1.82) is 0 Å². The van der Waals surface area contributed by atoms with Crippen LogP contribution in [0.3, 0.4) is 0 Å². The van der Waals surface area contributed by atoms with Crippen molar-refractivity contribution >= 4 is 17.3 Å². The maximum absolute atomic E-state index is 11.4. The first-order valence-corrected chi connectivity index (χ1v) is 6.62. The topological polar surface area (TPSA) is 93.9 Å². The molecule has 0 aliphatic carbocycles. The van der Waals surface area contributed by atoms with Crippen LogP contribution < -0.4 is 21.7 Å². The van der Waals surface area contributed by atoms with Gasteiger partial charge in [-0.3, -0.25) is 20.9 Å². The third kappa shape index (κ3) is 2.63. The van der Waals surface area contributed by atoms with Crippen LogP contribution in [0.5, 0.6) is 0 Å². The molecule has 22 heavy (non-hydrogen) atoms. The van der Waals surface area contributed by atoms with E-state index in [0.717, 1.165) is 16.5 Å². The molecule has 0 atom stereocenters. The van der Waals surface area contributed by atoms with Crippen LogP contribution in [0.2, 0.25) is 0 Å². The minimum atomic E-state index is -0.368. The number of hydrogen-bond donors (Lipinski definition) is 4. The zero-order chi connectivity index (χ0) is 15.5. The number of nitrogens with zero attached hydrogens (tertiary/aromatic N) is 2. The normalized spacial score (nSPS) is 14.5. The second-order valence-electron chi connectivity index (χ2n) is 4.67. The molecule has 0 bridgehead atoms. The van der Waals surface area contributed by atoms with Gasteiger partial charge in [-0.05, 0) is 24.3 Å². The van der Waals surface area contributed by atoms with Crippen LogP contribution in [0.4, 0.5) is 5.69 Å². The maximum Gasteiger partial charge on any atom is 0.265 e. The molecule has 0 fully saturated rings. The number of nitrogen functional groups attached to an aromatic ring is 1. The van der Waals surface area contributed by atoms with Gasteiger partial charge in [-0.15, -0.1) is 0 Å². The fourth-order valence-electron chi connectivity index (χ4n) is 2.16. The van der Waals surface area contributed by atoms with Gasteiger partial charge in [-0.1, -0.05) is 30.3 Å². The van der Waals surface area contributed by atoms with Crippen LogP contribution in [-0.4, -0.2) is 16.4 Å². The second kappa shape index (κ2) is 5.86. The first kappa shape index (κ1) is 14.1. The van der Waals surface area contributed by atoms with E-state index in [0.29, 0.717) is 11.3 Å². The van der Waals surface area contributed by atoms with Gasteiger partial charge in [-0.25, -0.2) is 10.9 Å². The number of hydrogen-bond acceptors (Lipinski definition) is 6. The van der Waals surface area contributed by atoms with Crippen molar-refractivity contribution in [2.75, 3.05) is 5.01 Å². The van der Waals surface area contributed by atoms with Gasteiger partial charge in [0.1, 0.15) is 0 Å². The van der Waals surface area contributed by atoms with Crippen molar-refractivity contribution in [2.24, 2.45) is 5.84 Å². The summed E-state index contributed by atoms with van der Waals surface area (Å²) in [6, 6.07) is 16.3. The summed E-state index contributed by atoms with van der Waals surface area (Å²) in [6.07, 6.45) is 1.76. The number of amides is 1. The lowest BCUT2D eigenvalue weighted by Crippen LogP contribution is -2.39. The summed E-state index contributed by atoms with van der Waals surface area (Å²) in [4.78, 5) is 11.4. The van der Waals surface area contributed by atoms with Crippen LogP contribution in [-0.2, 0) is 0 Å². The molecule has 1 aliphatic heterocycles. The Morgan fingerprint density at radius 2 is 1.77 bits per heavy atom. The third-order valence-corrected chi connectivity index (χ3v) is 3.29. The predicted molar refractivity (Wildman–Crippen MR) is 81.8 cm³/mol. The number of rotatable bonds is 3. The van der Waals surface area contributed by atoms with E-state index in [1.54, 1.807) is 30.5 Å². The SMILES string of the molecule is NNC(=O)c1ccc(N2C=C(c3ccccc3)NN2O)cc1. The minimum Gasteiger partial charge on any atom is -0.290 e. The van der Waals surface area contributed by atoms with Gasteiger partial charge in [-0.2, -0.15) is 0 Å². The van der Waals surface area contributed by atoms with Gasteiger partial charge in [0.25, 0.3) is 5.91 Å². The lowest BCUT2D eigenvalue weighted by Gasteiger charge is -2.22. The number of nitrogens with two attached hydrogens (primary N) is 1. The Morgan fingerprint density at radius 1 is 1.09 bits per heavy atom. The smallest absolute Gasteiger partial charge is 0.265 e. The van der Waals surface area contributed by atoms with E-state index in [9.17, 15) is 10.0 Å². The summed E-state index contributed by atoms with van der Waals surface area (Å²) in [7, 11) is 0. The molecule has 7 heteroatoms. The molecule has 1 amide bonds. The number of nitrogens with one attached hydrogen (secondary N) is 2. The molecular weight excluding hydrogens is 282 g/mol. The van der Waals surface area contributed by atoms with Crippen LogP contribution in [0.15, 0.2) is 60.8 Å². The molecule has 2 aromatic carbocycles. The largest absolute Gasteiger partial charge is 0.290 e. The molecule has 0 spiro atoms. The quantitative estimate of drug-likeness (QED) is 0.387. The summed E-state index contributed by atoms with van der Waals surface area (Å²) >= 11 is 0. The molecule has 2 aromatic rings. The van der Waals surface area contributed by atoms with Gasteiger partial charge in [0, 0.05) is 16.4 Å². The van der Waals surface area contributed by atoms with E-state index in [-0.39, 0.29) is 5.91 Å². The first-order chi connectivity index (χ1) is 10.7. The zero-order valence-electron chi connectivity index (χ0n) is 11.6. The van der Waals surface area contributed by atoms with E-state index in [4.69, 9.17) is 5.84 Å². The highest BCUT2D eigenvalue weighted by molar-refractivity contribution is 5.94. The number of anilines is 1. The summed E-state index contributed by atoms with van der Waals surface area (Å²) < 4.78 is 0. The molecule has 7 nitrogen and oxygen atoms in total. The van der Waals surface area contributed by atoms with E-state index in [1.807, 2.05) is 30.3 Å². The number of hydrazine groups is 3. The van der Waals surface area contributed by atoms with Crippen LogP contribution >= 0.6 is 0 Å². The van der Waals surface area contributed by atoms with Crippen molar-refractivity contribution in [3.05, 3.63) is 71.9 Å². The lowest BCUT2D eigenvalue weighted by molar-refractivity contribution is -0.115. The average molecular weight is 297 g/mol. The standard InChI is InChI=1S/C15H15N5O2/c16-17-15(21)12-6-8-13(9-7-12)19-10-14(18-20(19)22)11-4-2-1-3-5-11/h1-10,18,22H,16H2,(H,17,21). The fourth-order valence-corrected chi connectivity index (χ4v) is 2.16. The average Bonchev–Trinajstić information content (AvgIpc) is 2.97. The minimum absolute atomic E-state index is 0.368. The number of carbonyl (C=O) groups is 1. The van der Waals surface area contributed by atoms with E-state index < -0.39 is 0 Å². The Labute approximate surface area is 127 Å². The Kier molecular flexibility index (Phi) is 3.75. The summed E-state index contributed by atoms with van der Waals surface area (Å²) in [5.74, 6) is 4.72. The molecule has 1 heterocycles. The molecule has 0 aromatic heterocycles. The highest BCUT2D eigenvalue weighted by atomic mass is 16.6. The Hall–Kier alpha value is -2.87. The summed E-state index contributed by atoms with van der Waals surface area (Å²) in [5.41, 5.74) is 7.75. The summed E-state index contributed by atoms with van der Waals surface area (Å²) in [5, 5.41) is 12.4. The second-order valence-corrected chi connectivity index (χ2v) is 4.67. The highest BCUT2D eigenvalue weighted by Crippen LogP contribution is 2.24. The van der Waals surface area contributed by atoms with E-state index in [2.05, 4.69) is 10.9 Å². The molecule has 0 saturated heterocycles. The molecular formula is C15H15N5O2. The molecule has 0 radical (unpaired) electrons. The molecule has 1 aliphatic rings. The van der Waals surface area contributed by atoms with E-state index >= 15 is 0 Å². The van der Waals surface area contributed by atoms with Crippen molar-refractivity contribution in [3.8, 4) is 0 Å². The van der Waals surface area contributed by atoms with Gasteiger partial charge in [0.05, 0.1) is 17.6 Å². The van der Waals surface area contributed by atoms with Crippen molar-refractivity contribution in [3.63, 3.8) is 0 Å². The highest BCUT2D eigenvalue weighted by Gasteiger charge is 2.22. The van der Waals surface area contributed by atoms with Crippen LogP contribution in [0, 0.1) is 0 Å². The van der Waals surface area contributed by atoms with E-state index in [1.165, 1.54) is 5.01 Å². The molecule has 3 rings (SSSR count). The Balaban J connectivity index is 1.85. The molecule has 0 saturated carbocycles. The van der Waals surface area contributed by atoms with Gasteiger partial charge >= 0.3 is 0 Å². The van der Waals surface area contributed by atoms with Gasteiger partial charge < -0.3 is 0 Å². The molecule has 5 N–H and O–H groups in total. The van der Waals surface area contributed by atoms with Crippen molar-refractivity contribution in [1.82, 2.24) is 16.1 Å². The third-order valence-electron chi connectivity index (χ3n) is 3.29. The summed E-state index contributed by atoms with van der Waals surface area (Å²) in [6.45, 7) is 0. The van der Waals surface area contributed by atoms with Gasteiger partial charge in [0.15, 0.2) is 0 Å². The monoisotopic (exact) mass is 297 g/mol. The number of benzene rings is 2. The van der Waals surface area contributed by atoms with Crippen molar-refractivity contribution in [2.45, 2.75) is 0 Å². The van der Waals surface area contributed by atoms with Gasteiger partial charge in [0.2, 0.25) is 0 Å². The van der Waals surface area contributed by atoms with Crippen LogP contribution in [0.25, 0.3) is 5.70 Å².